The Balaban J connectivity index is 2.60. The minimum Gasteiger partial charge on any atom is -0.371 e. The zero-order valence-corrected chi connectivity index (χ0v) is 8.90. The molecule has 1 aliphatic heterocycles. The fraction of sp³-hybridized carbons (Fsp3) is 0.364. The fourth-order valence-corrected chi connectivity index (χ4v) is 1.89. The number of likely N-dealkylation sites (N-methyl/N-ethyl adjacent to an activating group) is 2. The summed E-state index contributed by atoms with van der Waals surface area (Å²) in [6, 6.07) is 5.78. The first kappa shape index (κ1) is 9.74. The first-order chi connectivity index (χ1) is 7.24. The molecule has 0 aliphatic carbocycles. The second kappa shape index (κ2) is 3.75. The predicted molar refractivity (Wildman–Crippen MR) is 60.8 cm³/mol. The van der Waals surface area contributed by atoms with Gasteiger partial charge < -0.3 is 9.80 Å². The third-order valence-corrected chi connectivity index (χ3v) is 2.72. The van der Waals surface area contributed by atoms with Crippen molar-refractivity contribution in [1.82, 2.24) is 0 Å². The first-order valence-electron chi connectivity index (χ1n) is 4.87. The summed E-state index contributed by atoms with van der Waals surface area (Å²) >= 11 is 0. The Morgan fingerprint density at radius 1 is 1.27 bits per heavy atom. The molecule has 0 spiro atoms. The molecule has 15 heavy (non-hydrogen) atoms. The summed E-state index contributed by atoms with van der Waals surface area (Å²) in [5.74, 6) is 0. The third-order valence-electron chi connectivity index (χ3n) is 2.72. The lowest BCUT2D eigenvalue weighted by molar-refractivity contribution is 0.565. The van der Waals surface area contributed by atoms with E-state index in [1.807, 2.05) is 32.3 Å². The number of isocyanates is 1. The zero-order chi connectivity index (χ0) is 10.8. The van der Waals surface area contributed by atoms with E-state index in [0.717, 1.165) is 24.5 Å². The lowest BCUT2D eigenvalue weighted by atomic mass is 10.1. The van der Waals surface area contributed by atoms with Crippen LogP contribution in [-0.2, 0) is 4.79 Å². The van der Waals surface area contributed by atoms with E-state index in [1.165, 1.54) is 0 Å². The van der Waals surface area contributed by atoms with Gasteiger partial charge in [0.15, 0.2) is 0 Å². The van der Waals surface area contributed by atoms with Gasteiger partial charge in [-0.05, 0) is 12.1 Å². The van der Waals surface area contributed by atoms with Crippen molar-refractivity contribution < 1.29 is 4.79 Å². The smallest absolute Gasteiger partial charge is 0.240 e. The van der Waals surface area contributed by atoms with Crippen molar-refractivity contribution in [3.05, 3.63) is 18.2 Å². The van der Waals surface area contributed by atoms with Crippen molar-refractivity contribution in [3.8, 4) is 0 Å². The number of benzene rings is 1. The molecular formula is C11H13N3O. The predicted octanol–water partition coefficient (Wildman–Crippen LogP) is 1.54. The van der Waals surface area contributed by atoms with Crippen LogP contribution in [0.15, 0.2) is 23.2 Å². The molecule has 0 saturated heterocycles. The van der Waals surface area contributed by atoms with Crippen molar-refractivity contribution in [3.63, 3.8) is 0 Å². The number of carbonyl (C=O) groups excluding carboxylic acids is 1. The van der Waals surface area contributed by atoms with Crippen LogP contribution in [0, 0.1) is 0 Å². The van der Waals surface area contributed by atoms with Crippen LogP contribution in [0.1, 0.15) is 0 Å². The van der Waals surface area contributed by atoms with Gasteiger partial charge in [0.25, 0.3) is 0 Å². The van der Waals surface area contributed by atoms with E-state index >= 15 is 0 Å². The van der Waals surface area contributed by atoms with Gasteiger partial charge in [0.05, 0.1) is 11.4 Å². The second-order valence-electron chi connectivity index (χ2n) is 3.69. The third kappa shape index (κ3) is 1.60. The Morgan fingerprint density at radius 2 is 2.00 bits per heavy atom. The summed E-state index contributed by atoms with van der Waals surface area (Å²) in [5, 5.41) is 0. The van der Waals surface area contributed by atoms with E-state index in [-0.39, 0.29) is 0 Å². The highest BCUT2D eigenvalue weighted by Crippen LogP contribution is 2.39. The van der Waals surface area contributed by atoms with Crippen LogP contribution >= 0.6 is 0 Å². The molecule has 0 radical (unpaired) electrons. The number of rotatable bonds is 1. The Hall–Kier alpha value is -1.80. The maximum absolute atomic E-state index is 10.3. The van der Waals surface area contributed by atoms with E-state index in [2.05, 4.69) is 14.8 Å². The highest BCUT2D eigenvalue weighted by atomic mass is 16.1. The van der Waals surface area contributed by atoms with Crippen molar-refractivity contribution in [1.29, 1.82) is 0 Å². The average Bonchev–Trinajstić information content (AvgIpc) is 2.24. The molecule has 78 valence electrons. The molecule has 1 aliphatic rings. The minimum atomic E-state index is 0.691. The summed E-state index contributed by atoms with van der Waals surface area (Å²) in [6.45, 7) is 1.92. The molecule has 0 aromatic heterocycles. The summed E-state index contributed by atoms with van der Waals surface area (Å²) in [5.41, 5.74) is 2.81. The van der Waals surface area contributed by atoms with Crippen LogP contribution < -0.4 is 9.80 Å². The van der Waals surface area contributed by atoms with Crippen molar-refractivity contribution in [2.45, 2.75) is 0 Å². The molecule has 0 N–H and O–H groups in total. The Bertz CT molecular complexity index is 424. The summed E-state index contributed by atoms with van der Waals surface area (Å²) < 4.78 is 0. The summed E-state index contributed by atoms with van der Waals surface area (Å²) in [4.78, 5) is 18.3. The van der Waals surface area contributed by atoms with Gasteiger partial charge in [0.1, 0.15) is 5.69 Å². The van der Waals surface area contributed by atoms with E-state index < -0.39 is 0 Å². The molecule has 0 atom stereocenters. The summed E-state index contributed by atoms with van der Waals surface area (Å²) in [6.07, 6.45) is 1.60. The van der Waals surface area contributed by atoms with Gasteiger partial charge in [-0.15, -0.1) is 0 Å². The van der Waals surface area contributed by atoms with E-state index in [9.17, 15) is 4.79 Å². The number of anilines is 2. The van der Waals surface area contributed by atoms with Gasteiger partial charge in [-0.1, -0.05) is 6.07 Å². The highest BCUT2D eigenvalue weighted by molar-refractivity contribution is 5.84. The van der Waals surface area contributed by atoms with Crippen LogP contribution in [0.2, 0.25) is 0 Å². The molecule has 4 nitrogen and oxygen atoms in total. The maximum atomic E-state index is 10.3. The van der Waals surface area contributed by atoms with Gasteiger partial charge >= 0.3 is 0 Å². The standard InChI is InChI=1S/C11H13N3O/c1-13-6-7-14(2)11-9(12-8-15)4-3-5-10(11)13/h3-5H,6-7H2,1-2H3. The molecule has 2 rings (SSSR count). The first-order valence-corrected chi connectivity index (χ1v) is 4.87. The van der Waals surface area contributed by atoms with Gasteiger partial charge in [-0.2, -0.15) is 4.99 Å². The number of aliphatic imine (C=N–C) groups is 1. The van der Waals surface area contributed by atoms with Gasteiger partial charge in [-0.3, -0.25) is 0 Å². The Labute approximate surface area is 88.8 Å². The molecule has 0 fully saturated rings. The number of nitrogens with zero attached hydrogens (tertiary/aromatic N) is 3. The molecule has 1 aromatic rings. The molecule has 0 amide bonds. The SMILES string of the molecule is CN1CCN(C)c2c(N=C=O)cccc21. The molecular weight excluding hydrogens is 190 g/mol. The quantitative estimate of drug-likeness (QED) is 0.513. The van der Waals surface area contributed by atoms with Crippen molar-refractivity contribution in [2.24, 2.45) is 4.99 Å². The molecule has 4 heteroatoms. The molecule has 1 aromatic carbocycles. The number of fused-ring (bicyclic) bond motifs is 1. The van der Waals surface area contributed by atoms with E-state index in [4.69, 9.17) is 0 Å². The van der Waals surface area contributed by atoms with Crippen molar-refractivity contribution in [2.75, 3.05) is 37.0 Å². The van der Waals surface area contributed by atoms with Gasteiger partial charge in [0, 0.05) is 27.2 Å². The number of hydrogen-bond donors (Lipinski definition) is 0. The highest BCUT2D eigenvalue weighted by Gasteiger charge is 2.20. The Kier molecular flexibility index (Phi) is 2.44. The summed E-state index contributed by atoms with van der Waals surface area (Å²) in [7, 11) is 4.05. The topological polar surface area (TPSA) is 35.9 Å². The van der Waals surface area contributed by atoms with Crippen LogP contribution in [-0.4, -0.2) is 33.3 Å². The van der Waals surface area contributed by atoms with Crippen LogP contribution in [0.25, 0.3) is 0 Å². The molecule has 0 saturated carbocycles. The van der Waals surface area contributed by atoms with Crippen LogP contribution in [0.4, 0.5) is 17.1 Å². The van der Waals surface area contributed by atoms with Gasteiger partial charge in [-0.25, -0.2) is 4.79 Å². The monoisotopic (exact) mass is 203 g/mol. The van der Waals surface area contributed by atoms with E-state index in [0.29, 0.717) is 5.69 Å². The van der Waals surface area contributed by atoms with Crippen LogP contribution in [0.3, 0.4) is 0 Å². The maximum Gasteiger partial charge on any atom is 0.240 e. The average molecular weight is 203 g/mol. The Morgan fingerprint density at radius 3 is 2.73 bits per heavy atom. The fourth-order valence-electron chi connectivity index (χ4n) is 1.89. The van der Waals surface area contributed by atoms with Crippen molar-refractivity contribution >= 4 is 23.1 Å². The van der Waals surface area contributed by atoms with Gasteiger partial charge in [0.2, 0.25) is 6.08 Å². The molecule has 0 bridgehead atoms. The van der Waals surface area contributed by atoms with Crippen LogP contribution in [0.5, 0.6) is 0 Å². The lowest BCUT2D eigenvalue weighted by Gasteiger charge is -2.35. The van der Waals surface area contributed by atoms with E-state index in [1.54, 1.807) is 6.08 Å². The zero-order valence-electron chi connectivity index (χ0n) is 8.90. The number of hydrogen-bond acceptors (Lipinski definition) is 4. The molecule has 0 unspecified atom stereocenters. The normalized spacial score (nSPS) is 14.5. The number of para-hydroxylation sites is 1. The molecule has 1 heterocycles. The lowest BCUT2D eigenvalue weighted by Crippen LogP contribution is -2.36. The minimum absolute atomic E-state index is 0.691. The second-order valence-corrected chi connectivity index (χ2v) is 3.69. The largest absolute Gasteiger partial charge is 0.371 e.